The molecule has 1 aromatic rings. The molecular formula is C12H15F3N2O2. The lowest BCUT2D eigenvalue weighted by Crippen LogP contribution is -2.32. The summed E-state index contributed by atoms with van der Waals surface area (Å²) in [5.74, 6) is -0.559. The number of nitrogens with zero attached hydrogens (tertiary/aromatic N) is 1. The normalized spacial score (nSPS) is 13.1. The van der Waals surface area contributed by atoms with Gasteiger partial charge in [0, 0.05) is 12.7 Å². The topological polar surface area (TPSA) is 62.2 Å². The summed E-state index contributed by atoms with van der Waals surface area (Å²) >= 11 is 0. The minimum atomic E-state index is -4.52. The maximum absolute atomic E-state index is 12.3. The lowest BCUT2D eigenvalue weighted by atomic mass is 10.2. The van der Waals surface area contributed by atoms with Crippen LogP contribution in [0.5, 0.6) is 0 Å². The van der Waals surface area contributed by atoms with Gasteiger partial charge in [0.1, 0.15) is 5.69 Å². The van der Waals surface area contributed by atoms with Crippen LogP contribution in [0, 0.1) is 0 Å². The molecule has 0 aromatic carbocycles. The standard InChI is InChI=1S/C12H15F3N2O2/c1-2-3-9(18)7-17-11(19)8-4-5-10(16-6-8)12(13,14)15/h4-6,9,18H,2-3,7H2,1H3,(H,17,19). The lowest BCUT2D eigenvalue weighted by Gasteiger charge is -2.11. The van der Waals surface area contributed by atoms with Crippen molar-refractivity contribution in [2.45, 2.75) is 32.0 Å². The number of hydrogen-bond acceptors (Lipinski definition) is 3. The molecule has 19 heavy (non-hydrogen) atoms. The molecule has 0 aliphatic carbocycles. The van der Waals surface area contributed by atoms with Crippen LogP contribution < -0.4 is 5.32 Å². The third-order valence-electron chi connectivity index (χ3n) is 2.44. The molecule has 0 bridgehead atoms. The van der Waals surface area contributed by atoms with Gasteiger partial charge in [0.15, 0.2) is 0 Å². The summed E-state index contributed by atoms with van der Waals surface area (Å²) in [6.45, 7) is 1.96. The number of aliphatic hydroxyl groups excluding tert-OH is 1. The summed E-state index contributed by atoms with van der Waals surface area (Å²) in [5.41, 5.74) is -1.02. The van der Waals surface area contributed by atoms with Gasteiger partial charge in [-0.2, -0.15) is 13.2 Å². The van der Waals surface area contributed by atoms with Crippen molar-refractivity contribution in [3.05, 3.63) is 29.6 Å². The first-order chi connectivity index (χ1) is 8.84. The molecule has 1 aromatic heterocycles. The van der Waals surface area contributed by atoms with Crippen LogP contribution in [0.1, 0.15) is 35.8 Å². The number of nitrogens with one attached hydrogen (secondary N) is 1. The van der Waals surface area contributed by atoms with Gasteiger partial charge in [-0.1, -0.05) is 13.3 Å². The van der Waals surface area contributed by atoms with Crippen molar-refractivity contribution >= 4 is 5.91 Å². The molecule has 2 N–H and O–H groups in total. The Morgan fingerprint density at radius 2 is 2.16 bits per heavy atom. The van der Waals surface area contributed by atoms with Crippen molar-refractivity contribution in [1.82, 2.24) is 10.3 Å². The number of carbonyl (C=O) groups excluding carboxylic acids is 1. The van der Waals surface area contributed by atoms with E-state index in [0.29, 0.717) is 6.42 Å². The number of halogens is 3. The second-order valence-corrected chi connectivity index (χ2v) is 4.08. The van der Waals surface area contributed by atoms with Crippen molar-refractivity contribution in [1.29, 1.82) is 0 Å². The van der Waals surface area contributed by atoms with Crippen LogP contribution in [-0.2, 0) is 6.18 Å². The van der Waals surface area contributed by atoms with Crippen LogP contribution >= 0.6 is 0 Å². The first-order valence-electron chi connectivity index (χ1n) is 5.84. The molecular weight excluding hydrogens is 261 g/mol. The quantitative estimate of drug-likeness (QED) is 0.864. The highest BCUT2D eigenvalue weighted by atomic mass is 19.4. The first-order valence-corrected chi connectivity index (χ1v) is 5.84. The number of carbonyl (C=O) groups is 1. The Morgan fingerprint density at radius 1 is 1.47 bits per heavy atom. The Bertz CT molecular complexity index is 418. The van der Waals surface area contributed by atoms with Crippen LogP contribution in [0.4, 0.5) is 13.2 Å². The second kappa shape index (κ2) is 6.51. The Hall–Kier alpha value is -1.63. The zero-order valence-electron chi connectivity index (χ0n) is 10.4. The van der Waals surface area contributed by atoms with E-state index in [0.717, 1.165) is 24.8 Å². The summed E-state index contributed by atoms with van der Waals surface area (Å²) in [6, 6.07) is 1.80. The van der Waals surface area contributed by atoms with E-state index in [9.17, 15) is 23.1 Å². The summed E-state index contributed by atoms with van der Waals surface area (Å²) < 4.78 is 36.8. The Morgan fingerprint density at radius 3 is 2.63 bits per heavy atom. The molecule has 0 aliphatic heterocycles. The number of alkyl halides is 3. The zero-order chi connectivity index (χ0) is 14.5. The van der Waals surface area contributed by atoms with Crippen LogP contribution in [0.15, 0.2) is 18.3 Å². The van der Waals surface area contributed by atoms with Gasteiger partial charge in [-0.3, -0.25) is 9.78 Å². The molecule has 1 heterocycles. The van der Waals surface area contributed by atoms with E-state index in [2.05, 4.69) is 10.3 Å². The van der Waals surface area contributed by atoms with Gasteiger partial charge in [0.2, 0.25) is 0 Å². The van der Waals surface area contributed by atoms with Crippen LogP contribution in [0.2, 0.25) is 0 Å². The monoisotopic (exact) mass is 276 g/mol. The average Bonchev–Trinajstić information content (AvgIpc) is 2.35. The first kappa shape index (κ1) is 15.4. The molecule has 0 fully saturated rings. The van der Waals surface area contributed by atoms with Crippen molar-refractivity contribution in [2.75, 3.05) is 6.54 Å². The van der Waals surface area contributed by atoms with Crippen LogP contribution in [0.3, 0.4) is 0 Å². The SMILES string of the molecule is CCCC(O)CNC(=O)c1ccc(C(F)(F)F)nc1. The second-order valence-electron chi connectivity index (χ2n) is 4.08. The summed E-state index contributed by atoms with van der Waals surface area (Å²) in [5, 5.41) is 11.8. The largest absolute Gasteiger partial charge is 0.433 e. The number of amides is 1. The fraction of sp³-hybridized carbons (Fsp3) is 0.500. The Balaban J connectivity index is 2.59. The fourth-order valence-electron chi connectivity index (χ4n) is 1.44. The molecule has 0 saturated carbocycles. The number of pyridine rings is 1. The highest BCUT2D eigenvalue weighted by Crippen LogP contribution is 2.27. The molecule has 0 saturated heterocycles. The molecule has 0 aliphatic rings. The minimum absolute atomic E-state index is 0.0247. The summed E-state index contributed by atoms with van der Waals surface area (Å²) in [6.07, 6.45) is -2.99. The average molecular weight is 276 g/mol. The van der Waals surface area contributed by atoms with Gasteiger partial charge in [0.05, 0.1) is 11.7 Å². The van der Waals surface area contributed by atoms with Crippen molar-refractivity contribution in [3.63, 3.8) is 0 Å². The third-order valence-corrected chi connectivity index (χ3v) is 2.44. The molecule has 1 unspecified atom stereocenters. The summed E-state index contributed by atoms with van der Waals surface area (Å²) in [4.78, 5) is 14.8. The smallest absolute Gasteiger partial charge is 0.391 e. The van der Waals surface area contributed by atoms with Crippen molar-refractivity contribution in [2.24, 2.45) is 0 Å². The Kier molecular flexibility index (Phi) is 5.29. The fourth-order valence-corrected chi connectivity index (χ4v) is 1.44. The molecule has 4 nitrogen and oxygen atoms in total. The predicted octanol–water partition coefficient (Wildman–Crippen LogP) is 1.99. The summed E-state index contributed by atoms with van der Waals surface area (Å²) in [7, 11) is 0. The number of aliphatic hydroxyl groups is 1. The van der Waals surface area contributed by atoms with Gasteiger partial charge in [-0.05, 0) is 18.6 Å². The molecule has 106 valence electrons. The van der Waals surface area contributed by atoms with E-state index in [1.807, 2.05) is 6.92 Å². The van der Waals surface area contributed by atoms with Crippen molar-refractivity contribution < 1.29 is 23.1 Å². The highest BCUT2D eigenvalue weighted by molar-refractivity contribution is 5.93. The maximum Gasteiger partial charge on any atom is 0.433 e. The van der Waals surface area contributed by atoms with E-state index >= 15 is 0 Å². The van der Waals surface area contributed by atoms with E-state index < -0.39 is 23.9 Å². The molecule has 7 heteroatoms. The third kappa shape index (κ3) is 4.86. The van der Waals surface area contributed by atoms with Gasteiger partial charge < -0.3 is 10.4 Å². The number of hydrogen-bond donors (Lipinski definition) is 2. The molecule has 0 spiro atoms. The van der Waals surface area contributed by atoms with E-state index in [1.54, 1.807) is 0 Å². The van der Waals surface area contributed by atoms with Gasteiger partial charge in [-0.15, -0.1) is 0 Å². The van der Waals surface area contributed by atoms with E-state index in [-0.39, 0.29) is 12.1 Å². The van der Waals surface area contributed by atoms with Gasteiger partial charge in [0.25, 0.3) is 5.91 Å². The Labute approximate surface area is 108 Å². The van der Waals surface area contributed by atoms with Crippen LogP contribution in [-0.4, -0.2) is 28.6 Å². The van der Waals surface area contributed by atoms with E-state index in [4.69, 9.17) is 0 Å². The van der Waals surface area contributed by atoms with Gasteiger partial charge >= 0.3 is 6.18 Å². The van der Waals surface area contributed by atoms with Crippen LogP contribution in [0.25, 0.3) is 0 Å². The lowest BCUT2D eigenvalue weighted by molar-refractivity contribution is -0.141. The molecule has 1 amide bonds. The zero-order valence-corrected chi connectivity index (χ0v) is 10.4. The highest BCUT2D eigenvalue weighted by Gasteiger charge is 2.32. The molecule has 1 atom stereocenters. The number of rotatable bonds is 5. The maximum atomic E-state index is 12.3. The minimum Gasteiger partial charge on any atom is -0.391 e. The molecule has 0 radical (unpaired) electrons. The molecule has 1 rings (SSSR count). The number of aromatic nitrogens is 1. The predicted molar refractivity (Wildman–Crippen MR) is 62.5 cm³/mol. The van der Waals surface area contributed by atoms with Gasteiger partial charge in [-0.25, -0.2) is 0 Å². The van der Waals surface area contributed by atoms with Crippen molar-refractivity contribution in [3.8, 4) is 0 Å². The van der Waals surface area contributed by atoms with E-state index in [1.165, 1.54) is 0 Å².